The van der Waals surface area contributed by atoms with Crippen molar-refractivity contribution in [2.75, 3.05) is 0 Å². The number of nitrogens with two attached hydrogens (primary N) is 1. The van der Waals surface area contributed by atoms with Crippen molar-refractivity contribution < 1.29 is 0 Å². The number of nitrogens with zero attached hydrogens (tertiary/aromatic N) is 5. The van der Waals surface area contributed by atoms with Crippen molar-refractivity contribution in [3.05, 3.63) is 72.5 Å². The van der Waals surface area contributed by atoms with E-state index in [1.807, 2.05) is 43.7 Å². The normalized spacial score (nSPS) is 11.6. The van der Waals surface area contributed by atoms with Crippen LogP contribution < -0.4 is 5.73 Å². The SMILES string of the molecule is C=C/C(=C\N)CCn1c(CC(C)C)nc(-c2cnn(C)c2)c1-c1ccc(C#N)cc1. The highest BCUT2D eigenvalue weighted by Gasteiger charge is 2.21. The van der Waals surface area contributed by atoms with Crippen LogP contribution in [0.2, 0.25) is 0 Å². The first-order valence-corrected chi connectivity index (χ1v) is 10.1. The molecule has 0 saturated heterocycles. The van der Waals surface area contributed by atoms with Gasteiger partial charge in [-0.1, -0.05) is 38.6 Å². The lowest BCUT2D eigenvalue weighted by molar-refractivity contribution is 0.574. The summed E-state index contributed by atoms with van der Waals surface area (Å²) in [5.41, 5.74) is 11.3. The van der Waals surface area contributed by atoms with Crippen LogP contribution in [0.3, 0.4) is 0 Å². The molecular formula is C24H28N6. The topological polar surface area (TPSA) is 85.5 Å². The number of rotatable bonds is 8. The van der Waals surface area contributed by atoms with Gasteiger partial charge in [0.05, 0.1) is 29.2 Å². The molecule has 0 saturated carbocycles. The molecule has 154 valence electrons. The predicted octanol–water partition coefficient (Wildman–Crippen LogP) is 4.44. The minimum Gasteiger partial charge on any atom is -0.404 e. The van der Waals surface area contributed by atoms with E-state index < -0.39 is 0 Å². The van der Waals surface area contributed by atoms with Crippen molar-refractivity contribution in [1.29, 1.82) is 5.26 Å². The van der Waals surface area contributed by atoms with Crippen molar-refractivity contribution in [2.45, 2.75) is 33.2 Å². The van der Waals surface area contributed by atoms with Crippen LogP contribution in [0.15, 0.2) is 61.1 Å². The Labute approximate surface area is 178 Å². The van der Waals surface area contributed by atoms with Crippen LogP contribution in [-0.4, -0.2) is 19.3 Å². The Morgan fingerprint density at radius 2 is 2.00 bits per heavy atom. The first kappa shape index (κ1) is 21.1. The standard InChI is InChI=1S/C24H28N6/c1-5-18(13-25)10-11-30-22(12-17(2)3)28-23(21-15-27-29(4)16-21)24(30)20-8-6-19(14-26)7-9-20/h5-9,13,15-17H,1,10-12,25H2,2-4H3/b18-13+. The number of nitriles is 1. The average molecular weight is 401 g/mol. The molecule has 3 rings (SSSR count). The third-order valence-corrected chi connectivity index (χ3v) is 5.00. The van der Waals surface area contributed by atoms with E-state index >= 15 is 0 Å². The highest BCUT2D eigenvalue weighted by molar-refractivity contribution is 5.79. The second-order valence-corrected chi connectivity index (χ2v) is 7.76. The van der Waals surface area contributed by atoms with Gasteiger partial charge in [-0.3, -0.25) is 4.68 Å². The Morgan fingerprint density at radius 1 is 1.27 bits per heavy atom. The van der Waals surface area contributed by atoms with Gasteiger partial charge >= 0.3 is 0 Å². The summed E-state index contributed by atoms with van der Waals surface area (Å²) in [6.07, 6.45) is 8.84. The van der Waals surface area contributed by atoms with Crippen LogP contribution >= 0.6 is 0 Å². The summed E-state index contributed by atoms with van der Waals surface area (Å²) in [5.74, 6) is 1.49. The van der Waals surface area contributed by atoms with Crippen LogP contribution in [0.4, 0.5) is 0 Å². The highest BCUT2D eigenvalue weighted by atomic mass is 15.2. The number of imidazole rings is 1. The van der Waals surface area contributed by atoms with Crippen LogP contribution in [0.5, 0.6) is 0 Å². The van der Waals surface area contributed by atoms with E-state index in [4.69, 9.17) is 10.7 Å². The van der Waals surface area contributed by atoms with Crippen LogP contribution in [0.1, 0.15) is 31.7 Å². The maximum Gasteiger partial charge on any atom is 0.110 e. The fraction of sp³-hybridized carbons (Fsp3) is 0.292. The van der Waals surface area contributed by atoms with Gasteiger partial charge in [0.2, 0.25) is 0 Å². The molecular weight excluding hydrogens is 372 g/mol. The molecule has 6 heteroatoms. The number of hydrogen-bond acceptors (Lipinski definition) is 4. The van der Waals surface area contributed by atoms with E-state index in [1.54, 1.807) is 17.0 Å². The van der Waals surface area contributed by atoms with Crippen molar-refractivity contribution in [2.24, 2.45) is 18.7 Å². The molecule has 0 aliphatic heterocycles. The number of benzene rings is 1. The molecule has 1 aromatic carbocycles. The quantitative estimate of drug-likeness (QED) is 0.567. The summed E-state index contributed by atoms with van der Waals surface area (Å²) in [7, 11) is 1.90. The lowest BCUT2D eigenvalue weighted by atomic mass is 10.0. The van der Waals surface area contributed by atoms with Gasteiger partial charge in [-0.25, -0.2) is 4.98 Å². The second kappa shape index (κ2) is 9.27. The van der Waals surface area contributed by atoms with Crippen molar-refractivity contribution >= 4 is 0 Å². The summed E-state index contributed by atoms with van der Waals surface area (Å²) < 4.78 is 4.06. The van der Waals surface area contributed by atoms with Gasteiger partial charge in [0, 0.05) is 37.3 Å². The molecule has 0 atom stereocenters. The molecule has 2 heterocycles. The van der Waals surface area contributed by atoms with Crippen LogP contribution in [0.25, 0.3) is 22.5 Å². The lowest BCUT2D eigenvalue weighted by Gasteiger charge is -2.14. The van der Waals surface area contributed by atoms with Gasteiger partial charge in [-0.15, -0.1) is 0 Å². The van der Waals surface area contributed by atoms with Gasteiger partial charge in [0.1, 0.15) is 5.82 Å². The first-order valence-electron chi connectivity index (χ1n) is 10.1. The predicted molar refractivity (Wildman–Crippen MR) is 120 cm³/mol. The monoisotopic (exact) mass is 400 g/mol. The van der Waals surface area contributed by atoms with Crippen LogP contribution in [0, 0.1) is 17.2 Å². The first-order chi connectivity index (χ1) is 14.5. The largest absolute Gasteiger partial charge is 0.404 e. The van der Waals surface area contributed by atoms with E-state index in [9.17, 15) is 5.26 Å². The molecule has 0 fully saturated rings. The molecule has 2 aromatic heterocycles. The molecule has 0 bridgehead atoms. The minimum absolute atomic E-state index is 0.464. The fourth-order valence-corrected chi connectivity index (χ4v) is 3.50. The van der Waals surface area contributed by atoms with Gasteiger partial charge in [-0.2, -0.15) is 10.4 Å². The molecule has 30 heavy (non-hydrogen) atoms. The van der Waals surface area contributed by atoms with E-state index in [0.29, 0.717) is 11.5 Å². The zero-order chi connectivity index (χ0) is 21.7. The maximum absolute atomic E-state index is 9.19. The summed E-state index contributed by atoms with van der Waals surface area (Å²) in [5, 5.41) is 13.5. The number of aromatic nitrogens is 4. The van der Waals surface area contributed by atoms with Gasteiger partial charge in [0.15, 0.2) is 0 Å². The number of aryl methyl sites for hydroxylation is 1. The zero-order valence-electron chi connectivity index (χ0n) is 17.8. The van der Waals surface area contributed by atoms with Crippen LogP contribution in [-0.2, 0) is 20.0 Å². The maximum atomic E-state index is 9.19. The van der Waals surface area contributed by atoms with Gasteiger partial charge in [0.25, 0.3) is 0 Å². The molecule has 2 N–H and O–H groups in total. The molecule has 0 aliphatic carbocycles. The molecule has 0 amide bonds. The molecule has 6 nitrogen and oxygen atoms in total. The van der Waals surface area contributed by atoms with Gasteiger partial charge < -0.3 is 10.3 Å². The minimum atomic E-state index is 0.464. The Balaban J connectivity index is 2.20. The molecule has 3 aromatic rings. The van der Waals surface area contributed by atoms with E-state index in [2.05, 4.69) is 36.2 Å². The Bertz CT molecular complexity index is 1090. The Hall–Kier alpha value is -3.59. The summed E-state index contributed by atoms with van der Waals surface area (Å²) in [4.78, 5) is 5.05. The molecule has 0 aliphatic rings. The average Bonchev–Trinajstić information content (AvgIpc) is 3.32. The lowest BCUT2D eigenvalue weighted by Crippen LogP contribution is -2.09. The zero-order valence-corrected chi connectivity index (χ0v) is 17.8. The summed E-state index contributed by atoms with van der Waals surface area (Å²) in [6, 6.07) is 9.85. The smallest absolute Gasteiger partial charge is 0.110 e. The number of hydrogen-bond donors (Lipinski definition) is 1. The molecule has 0 spiro atoms. The Morgan fingerprint density at radius 3 is 2.53 bits per heavy atom. The van der Waals surface area contributed by atoms with E-state index in [1.165, 1.54) is 0 Å². The van der Waals surface area contributed by atoms with Crippen molar-refractivity contribution in [3.63, 3.8) is 0 Å². The number of allylic oxidation sites excluding steroid dienone is 2. The summed E-state index contributed by atoms with van der Waals surface area (Å²) >= 11 is 0. The van der Waals surface area contributed by atoms with E-state index in [-0.39, 0.29) is 0 Å². The van der Waals surface area contributed by atoms with Crippen molar-refractivity contribution in [1.82, 2.24) is 19.3 Å². The van der Waals surface area contributed by atoms with E-state index in [0.717, 1.165) is 53.3 Å². The molecule has 0 radical (unpaired) electrons. The fourth-order valence-electron chi connectivity index (χ4n) is 3.50. The highest BCUT2D eigenvalue weighted by Crippen LogP contribution is 2.34. The third-order valence-electron chi connectivity index (χ3n) is 5.00. The Kier molecular flexibility index (Phi) is 6.53. The van der Waals surface area contributed by atoms with Gasteiger partial charge in [-0.05, 0) is 36.2 Å². The van der Waals surface area contributed by atoms with Crippen molar-refractivity contribution in [3.8, 4) is 28.6 Å². The summed E-state index contributed by atoms with van der Waals surface area (Å²) in [6.45, 7) is 8.98. The molecule has 0 unspecified atom stereocenters. The second-order valence-electron chi connectivity index (χ2n) is 7.76. The third kappa shape index (κ3) is 4.52.